The molecule has 7 heteroatoms. The lowest BCUT2D eigenvalue weighted by molar-refractivity contribution is -0.150. The Balaban J connectivity index is 1.70. The highest BCUT2D eigenvalue weighted by molar-refractivity contribution is 5.84. The number of carboxylic acids is 1. The molecule has 21 heavy (non-hydrogen) atoms. The van der Waals surface area contributed by atoms with Crippen LogP contribution in [0.5, 0.6) is 0 Å². The molecule has 2 heterocycles. The van der Waals surface area contributed by atoms with E-state index in [0.29, 0.717) is 18.9 Å². The molecule has 0 bridgehead atoms. The summed E-state index contributed by atoms with van der Waals surface area (Å²) in [5.41, 5.74) is 0. The molecule has 1 aromatic heterocycles. The van der Waals surface area contributed by atoms with Gasteiger partial charge in [0.2, 0.25) is 5.91 Å². The second-order valence-electron chi connectivity index (χ2n) is 5.91. The summed E-state index contributed by atoms with van der Waals surface area (Å²) in [5, 5.41) is 13.4. The molecule has 3 unspecified atom stereocenters. The smallest absolute Gasteiger partial charge is 0.326 e. The number of carbonyl (C=O) groups excluding carboxylic acids is 1. The van der Waals surface area contributed by atoms with E-state index in [2.05, 4.69) is 10.1 Å². The number of hydrogen-bond donors (Lipinski definition) is 1. The van der Waals surface area contributed by atoms with E-state index in [4.69, 9.17) is 0 Å². The molecule has 2 aliphatic rings. The standard InChI is InChI=1S/C14H20N4O3/c19-13(5-6-17-9-15-8-16-17)18-11-4-2-1-3-10(11)7-12(18)14(20)21/h8-12H,1-7H2,(H,20,21). The Morgan fingerprint density at radius 3 is 2.81 bits per heavy atom. The molecule has 1 aliphatic heterocycles. The maximum absolute atomic E-state index is 12.5. The third-order valence-corrected chi connectivity index (χ3v) is 4.68. The average Bonchev–Trinajstić information content (AvgIpc) is 3.11. The Morgan fingerprint density at radius 2 is 2.10 bits per heavy atom. The number of fused-ring (bicyclic) bond motifs is 1. The molecule has 0 radical (unpaired) electrons. The first-order chi connectivity index (χ1) is 10.2. The topological polar surface area (TPSA) is 88.3 Å². The molecule has 1 saturated carbocycles. The maximum atomic E-state index is 12.5. The van der Waals surface area contributed by atoms with Crippen molar-refractivity contribution in [1.29, 1.82) is 0 Å². The lowest BCUT2D eigenvalue weighted by Crippen LogP contribution is -2.46. The van der Waals surface area contributed by atoms with E-state index in [1.54, 1.807) is 15.9 Å². The molecular formula is C14H20N4O3. The number of likely N-dealkylation sites (tertiary alicyclic amines) is 1. The van der Waals surface area contributed by atoms with Crippen LogP contribution in [0.25, 0.3) is 0 Å². The number of aliphatic carboxylic acids is 1. The van der Waals surface area contributed by atoms with Crippen molar-refractivity contribution in [2.45, 2.75) is 57.2 Å². The molecule has 1 amide bonds. The third-order valence-electron chi connectivity index (χ3n) is 4.68. The van der Waals surface area contributed by atoms with Crippen molar-refractivity contribution in [1.82, 2.24) is 19.7 Å². The number of aromatic nitrogens is 3. The van der Waals surface area contributed by atoms with Gasteiger partial charge < -0.3 is 10.0 Å². The highest BCUT2D eigenvalue weighted by Gasteiger charge is 2.47. The lowest BCUT2D eigenvalue weighted by atomic mass is 9.84. The minimum atomic E-state index is -0.876. The van der Waals surface area contributed by atoms with Crippen molar-refractivity contribution in [2.24, 2.45) is 5.92 Å². The van der Waals surface area contributed by atoms with Crippen LogP contribution in [0.4, 0.5) is 0 Å². The Morgan fingerprint density at radius 1 is 1.29 bits per heavy atom. The van der Waals surface area contributed by atoms with Crippen LogP contribution in [0.2, 0.25) is 0 Å². The number of amides is 1. The number of hydrogen-bond acceptors (Lipinski definition) is 4. The summed E-state index contributed by atoms with van der Waals surface area (Å²) in [6.07, 6.45) is 8.08. The summed E-state index contributed by atoms with van der Waals surface area (Å²) >= 11 is 0. The van der Waals surface area contributed by atoms with Crippen molar-refractivity contribution in [3.8, 4) is 0 Å². The quantitative estimate of drug-likeness (QED) is 0.891. The number of carbonyl (C=O) groups is 2. The van der Waals surface area contributed by atoms with Crippen molar-refractivity contribution < 1.29 is 14.7 Å². The summed E-state index contributed by atoms with van der Waals surface area (Å²) in [6.45, 7) is 0.444. The van der Waals surface area contributed by atoms with Gasteiger partial charge in [0, 0.05) is 12.5 Å². The first kappa shape index (κ1) is 14.0. The molecule has 3 atom stereocenters. The fourth-order valence-electron chi connectivity index (χ4n) is 3.73. The van der Waals surface area contributed by atoms with E-state index in [1.807, 2.05) is 0 Å². The molecule has 1 saturated heterocycles. The predicted molar refractivity (Wildman–Crippen MR) is 73.3 cm³/mol. The van der Waals surface area contributed by atoms with Crippen molar-refractivity contribution >= 4 is 11.9 Å². The van der Waals surface area contributed by atoms with Crippen molar-refractivity contribution in [3.05, 3.63) is 12.7 Å². The number of carboxylic acid groups (broad SMARTS) is 1. The molecule has 1 N–H and O–H groups in total. The normalized spacial score (nSPS) is 28.4. The van der Waals surface area contributed by atoms with E-state index in [0.717, 1.165) is 25.7 Å². The second-order valence-corrected chi connectivity index (χ2v) is 5.91. The number of aryl methyl sites for hydroxylation is 1. The fourth-order valence-corrected chi connectivity index (χ4v) is 3.73. The monoisotopic (exact) mass is 292 g/mol. The molecular weight excluding hydrogens is 272 g/mol. The lowest BCUT2D eigenvalue weighted by Gasteiger charge is -2.33. The van der Waals surface area contributed by atoms with Crippen LogP contribution in [0.3, 0.4) is 0 Å². The Kier molecular flexibility index (Phi) is 3.90. The Bertz CT molecular complexity index is 516. The van der Waals surface area contributed by atoms with Crippen molar-refractivity contribution in [3.63, 3.8) is 0 Å². The Labute approximate surface area is 123 Å². The molecule has 1 aliphatic carbocycles. The minimum absolute atomic E-state index is 0.0766. The van der Waals surface area contributed by atoms with E-state index >= 15 is 0 Å². The zero-order chi connectivity index (χ0) is 14.8. The van der Waals surface area contributed by atoms with Crippen LogP contribution in [0.1, 0.15) is 38.5 Å². The van der Waals surface area contributed by atoms with Gasteiger partial charge in [0.1, 0.15) is 18.7 Å². The van der Waals surface area contributed by atoms with Gasteiger partial charge >= 0.3 is 5.97 Å². The first-order valence-corrected chi connectivity index (χ1v) is 7.53. The highest BCUT2D eigenvalue weighted by Crippen LogP contribution is 2.40. The SMILES string of the molecule is O=C(O)C1CC2CCCCC2N1C(=O)CCn1cncn1. The zero-order valence-electron chi connectivity index (χ0n) is 11.9. The first-order valence-electron chi connectivity index (χ1n) is 7.53. The molecule has 0 aromatic carbocycles. The average molecular weight is 292 g/mol. The van der Waals surface area contributed by atoms with Gasteiger partial charge in [0.25, 0.3) is 0 Å². The zero-order valence-corrected chi connectivity index (χ0v) is 11.9. The predicted octanol–water partition coefficient (Wildman–Crippen LogP) is 0.912. The molecule has 3 rings (SSSR count). The number of nitrogens with zero attached hydrogens (tertiary/aromatic N) is 4. The minimum Gasteiger partial charge on any atom is -0.480 e. The molecule has 2 fully saturated rings. The van der Waals surface area contributed by atoms with Gasteiger partial charge in [0.15, 0.2) is 0 Å². The van der Waals surface area contributed by atoms with Gasteiger partial charge in [-0.1, -0.05) is 12.8 Å². The van der Waals surface area contributed by atoms with E-state index in [-0.39, 0.29) is 18.4 Å². The largest absolute Gasteiger partial charge is 0.480 e. The van der Waals surface area contributed by atoms with E-state index in [1.165, 1.54) is 6.33 Å². The van der Waals surface area contributed by atoms with Crippen LogP contribution < -0.4 is 0 Å². The van der Waals surface area contributed by atoms with Gasteiger partial charge in [-0.05, 0) is 25.2 Å². The van der Waals surface area contributed by atoms with Crippen LogP contribution in [0, 0.1) is 5.92 Å². The molecule has 114 valence electrons. The van der Waals surface area contributed by atoms with Crippen LogP contribution in [0.15, 0.2) is 12.7 Å². The summed E-state index contributed by atoms with van der Waals surface area (Å²) < 4.78 is 1.60. The fraction of sp³-hybridized carbons (Fsp3) is 0.714. The molecule has 1 aromatic rings. The Hall–Kier alpha value is -1.92. The molecule has 0 spiro atoms. The maximum Gasteiger partial charge on any atom is 0.326 e. The summed E-state index contributed by atoms with van der Waals surface area (Å²) in [4.78, 5) is 29.5. The summed E-state index contributed by atoms with van der Waals surface area (Å²) in [7, 11) is 0. The van der Waals surface area contributed by atoms with Crippen LogP contribution in [-0.2, 0) is 16.1 Å². The summed E-state index contributed by atoms with van der Waals surface area (Å²) in [5.74, 6) is -0.596. The van der Waals surface area contributed by atoms with Gasteiger partial charge in [-0.3, -0.25) is 9.48 Å². The van der Waals surface area contributed by atoms with E-state index in [9.17, 15) is 14.7 Å². The second kappa shape index (κ2) is 5.83. The van der Waals surface area contributed by atoms with Gasteiger partial charge in [-0.25, -0.2) is 9.78 Å². The van der Waals surface area contributed by atoms with Gasteiger partial charge in [-0.15, -0.1) is 0 Å². The molecule has 7 nitrogen and oxygen atoms in total. The highest BCUT2D eigenvalue weighted by atomic mass is 16.4. The van der Waals surface area contributed by atoms with Gasteiger partial charge in [0.05, 0.1) is 6.54 Å². The van der Waals surface area contributed by atoms with Gasteiger partial charge in [-0.2, -0.15) is 5.10 Å². The number of rotatable bonds is 4. The van der Waals surface area contributed by atoms with Crippen LogP contribution in [-0.4, -0.2) is 48.7 Å². The van der Waals surface area contributed by atoms with Crippen molar-refractivity contribution in [2.75, 3.05) is 0 Å². The summed E-state index contributed by atoms with van der Waals surface area (Å²) in [6, 6.07) is -0.538. The van der Waals surface area contributed by atoms with E-state index < -0.39 is 12.0 Å². The van der Waals surface area contributed by atoms with Crippen LogP contribution >= 0.6 is 0 Å². The third kappa shape index (κ3) is 2.77.